The topological polar surface area (TPSA) is 54.0 Å². The second-order valence-electron chi connectivity index (χ2n) is 7.02. The second-order valence-corrected chi connectivity index (χ2v) is 7.88. The Bertz CT molecular complexity index is 687. The van der Waals surface area contributed by atoms with Crippen molar-refractivity contribution in [2.45, 2.75) is 33.1 Å². The first-order valence-corrected chi connectivity index (χ1v) is 9.41. The summed E-state index contributed by atoms with van der Waals surface area (Å²) in [7, 11) is 0. The molecule has 3 rings (SSSR count). The molecule has 0 bridgehead atoms. The molecule has 1 aliphatic rings. The molecule has 0 aliphatic carbocycles. The van der Waals surface area contributed by atoms with Gasteiger partial charge in [-0.2, -0.15) is 0 Å². The van der Waals surface area contributed by atoms with E-state index in [1.807, 2.05) is 5.38 Å². The number of hydrogen-bond donors (Lipinski definition) is 2. The molecule has 0 unspecified atom stereocenters. The standard InChI is InChI=1S/C19H25N3OS/c1-14-3-5-15(6-4-14)18-22-16(12-24-18)11-17(23)21-13-19(2)7-9-20-10-8-19/h3-6,12,20H,7-11,13H2,1-2H3,(H,21,23). The van der Waals surface area contributed by atoms with Gasteiger partial charge in [-0.15, -0.1) is 11.3 Å². The van der Waals surface area contributed by atoms with Gasteiger partial charge in [-0.25, -0.2) is 4.98 Å². The van der Waals surface area contributed by atoms with Crippen molar-refractivity contribution in [1.82, 2.24) is 15.6 Å². The highest BCUT2D eigenvalue weighted by atomic mass is 32.1. The average Bonchev–Trinajstić information content (AvgIpc) is 3.03. The smallest absolute Gasteiger partial charge is 0.226 e. The first-order chi connectivity index (χ1) is 11.5. The van der Waals surface area contributed by atoms with Crippen molar-refractivity contribution < 1.29 is 4.79 Å². The van der Waals surface area contributed by atoms with Crippen LogP contribution in [0.2, 0.25) is 0 Å². The van der Waals surface area contributed by atoms with Gasteiger partial charge in [-0.1, -0.05) is 36.8 Å². The minimum absolute atomic E-state index is 0.0653. The van der Waals surface area contributed by atoms with E-state index in [1.54, 1.807) is 11.3 Å². The highest BCUT2D eigenvalue weighted by molar-refractivity contribution is 7.13. The van der Waals surface area contributed by atoms with Crippen molar-refractivity contribution in [1.29, 1.82) is 0 Å². The predicted molar refractivity (Wildman–Crippen MR) is 99.2 cm³/mol. The van der Waals surface area contributed by atoms with Crippen LogP contribution in [0.25, 0.3) is 10.6 Å². The number of aromatic nitrogens is 1. The molecule has 1 aromatic carbocycles. The monoisotopic (exact) mass is 343 g/mol. The SMILES string of the molecule is Cc1ccc(-c2nc(CC(=O)NCC3(C)CCNCC3)cs2)cc1. The number of piperidine rings is 1. The number of benzene rings is 1. The van der Waals surface area contributed by atoms with Gasteiger partial charge in [-0.3, -0.25) is 4.79 Å². The fraction of sp³-hybridized carbons (Fsp3) is 0.474. The Kier molecular flexibility index (Phi) is 5.31. The van der Waals surface area contributed by atoms with E-state index in [1.165, 1.54) is 5.56 Å². The maximum Gasteiger partial charge on any atom is 0.226 e. The quantitative estimate of drug-likeness (QED) is 0.877. The van der Waals surface area contributed by atoms with Crippen LogP contribution in [0, 0.1) is 12.3 Å². The molecular formula is C19H25N3OS. The molecule has 1 fully saturated rings. The molecule has 0 radical (unpaired) electrons. The number of amides is 1. The minimum Gasteiger partial charge on any atom is -0.355 e. The van der Waals surface area contributed by atoms with Gasteiger partial charge in [0.1, 0.15) is 5.01 Å². The molecule has 0 saturated carbocycles. The van der Waals surface area contributed by atoms with E-state index in [0.29, 0.717) is 6.42 Å². The number of rotatable bonds is 5. The van der Waals surface area contributed by atoms with Crippen molar-refractivity contribution in [3.8, 4) is 10.6 Å². The molecule has 2 N–H and O–H groups in total. The van der Waals surface area contributed by atoms with E-state index in [9.17, 15) is 4.79 Å². The maximum atomic E-state index is 12.2. The van der Waals surface area contributed by atoms with Gasteiger partial charge in [0.05, 0.1) is 12.1 Å². The zero-order valence-electron chi connectivity index (χ0n) is 14.4. The molecule has 0 atom stereocenters. The first kappa shape index (κ1) is 17.1. The highest BCUT2D eigenvalue weighted by Crippen LogP contribution is 2.27. The van der Waals surface area contributed by atoms with Crippen LogP contribution >= 0.6 is 11.3 Å². The molecule has 2 heterocycles. The summed E-state index contributed by atoms with van der Waals surface area (Å²) in [4.78, 5) is 16.8. The summed E-state index contributed by atoms with van der Waals surface area (Å²) < 4.78 is 0. The van der Waals surface area contributed by atoms with Crippen molar-refractivity contribution in [2.75, 3.05) is 19.6 Å². The molecule has 0 spiro atoms. The average molecular weight is 343 g/mol. The van der Waals surface area contributed by atoms with Crippen molar-refractivity contribution >= 4 is 17.2 Å². The third kappa shape index (κ3) is 4.42. The molecule has 128 valence electrons. The third-order valence-electron chi connectivity index (χ3n) is 4.71. The van der Waals surface area contributed by atoms with Crippen LogP contribution in [-0.4, -0.2) is 30.5 Å². The summed E-state index contributed by atoms with van der Waals surface area (Å²) in [5.74, 6) is 0.0653. The molecule has 5 heteroatoms. The molecule has 1 saturated heterocycles. The van der Waals surface area contributed by atoms with Crippen molar-refractivity contribution in [3.63, 3.8) is 0 Å². The Morgan fingerprint density at radius 3 is 2.71 bits per heavy atom. The van der Waals surface area contributed by atoms with Crippen LogP contribution in [0.3, 0.4) is 0 Å². The van der Waals surface area contributed by atoms with Gasteiger partial charge in [0.25, 0.3) is 0 Å². The zero-order valence-corrected chi connectivity index (χ0v) is 15.2. The Morgan fingerprint density at radius 2 is 2.00 bits per heavy atom. The van der Waals surface area contributed by atoms with Gasteiger partial charge >= 0.3 is 0 Å². The lowest BCUT2D eigenvalue weighted by Crippen LogP contribution is -2.43. The lowest BCUT2D eigenvalue weighted by Gasteiger charge is -2.34. The van der Waals surface area contributed by atoms with E-state index >= 15 is 0 Å². The minimum atomic E-state index is 0.0653. The third-order valence-corrected chi connectivity index (χ3v) is 5.66. The Balaban J connectivity index is 1.54. The number of nitrogens with one attached hydrogen (secondary N) is 2. The van der Waals surface area contributed by atoms with E-state index in [4.69, 9.17) is 0 Å². The lowest BCUT2D eigenvalue weighted by molar-refractivity contribution is -0.121. The summed E-state index contributed by atoms with van der Waals surface area (Å²) in [5, 5.41) is 9.43. The number of carbonyl (C=O) groups excluding carboxylic acids is 1. The largest absolute Gasteiger partial charge is 0.355 e. The predicted octanol–water partition coefficient (Wildman–Crippen LogP) is 3.17. The summed E-state index contributed by atoms with van der Waals surface area (Å²) in [6.07, 6.45) is 2.58. The molecule has 1 aromatic heterocycles. The Morgan fingerprint density at radius 1 is 1.29 bits per heavy atom. The van der Waals surface area contributed by atoms with E-state index < -0.39 is 0 Å². The number of hydrogen-bond acceptors (Lipinski definition) is 4. The summed E-state index contributed by atoms with van der Waals surface area (Å²) >= 11 is 1.60. The van der Waals surface area contributed by atoms with Gasteiger partial charge in [-0.05, 0) is 38.3 Å². The van der Waals surface area contributed by atoms with Crippen LogP contribution in [0.5, 0.6) is 0 Å². The summed E-state index contributed by atoms with van der Waals surface area (Å²) in [5.41, 5.74) is 3.42. The van der Waals surface area contributed by atoms with Crippen LogP contribution in [0.4, 0.5) is 0 Å². The van der Waals surface area contributed by atoms with Gasteiger partial charge in [0.2, 0.25) is 5.91 Å². The summed E-state index contributed by atoms with van der Waals surface area (Å²) in [6.45, 7) is 7.16. The fourth-order valence-electron chi connectivity index (χ4n) is 2.96. The number of carbonyl (C=O) groups is 1. The Labute approximate surface area is 147 Å². The molecule has 2 aromatic rings. The van der Waals surface area contributed by atoms with Crippen LogP contribution < -0.4 is 10.6 Å². The van der Waals surface area contributed by atoms with Crippen molar-refractivity contribution in [3.05, 3.63) is 40.9 Å². The van der Waals surface area contributed by atoms with E-state index in [-0.39, 0.29) is 11.3 Å². The van der Waals surface area contributed by atoms with Crippen LogP contribution in [0.1, 0.15) is 31.0 Å². The van der Waals surface area contributed by atoms with E-state index in [0.717, 1.165) is 48.7 Å². The second kappa shape index (κ2) is 7.45. The molecule has 4 nitrogen and oxygen atoms in total. The van der Waals surface area contributed by atoms with Gasteiger partial charge < -0.3 is 10.6 Å². The lowest BCUT2D eigenvalue weighted by atomic mass is 9.81. The molecular weight excluding hydrogens is 318 g/mol. The maximum absolute atomic E-state index is 12.2. The number of aryl methyl sites for hydroxylation is 1. The van der Waals surface area contributed by atoms with E-state index in [2.05, 4.69) is 53.7 Å². The van der Waals surface area contributed by atoms with Gasteiger partial charge in [0, 0.05) is 17.5 Å². The molecule has 1 amide bonds. The molecule has 24 heavy (non-hydrogen) atoms. The number of nitrogens with zero attached hydrogens (tertiary/aromatic N) is 1. The fourth-order valence-corrected chi connectivity index (χ4v) is 3.79. The van der Waals surface area contributed by atoms with Crippen LogP contribution in [0.15, 0.2) is 29.6 Å². The summed E-state index contributed by atoms with van der Waals surface area (Å²) in [6, 6.07) is 8.33. The number of thiazole rings is 1. The Hall–Kier alpha value is -1.72. The van der Waals surface area contributed by atoms with Crippen LogP contribution in [-0.2, 0) is 11.2 Å². The van der Waals surface area contributed by atoms with Crippen molar-refractivity contribution in [2.24, 2.45) is 5.41 Å². The normalized spacial score (nSPS) is 16.8. The zero-order chi connectivity index (χ0) is 17.0. The van der Waals surface area contributed by atoms with Gasteiger partial charge in [0.15, 0.2) is 0 Å². The first-order valence-electron chi connectivity index (χ1n) is 8.53. The molecule has 1 aliphatic heterocycles. The highest BCUT2D eigenvalue weighted by Gasteiger charge is 2.27.